The van der Waals surface area contributed by atoms with Crippen LogP contribution in [0.3, 0.4) is 0 Å². The molecule has 1 aliphatic heterocycles. The maximum Gasteiger partial charge on any atom is 0.258 e. The van der Waals surface area contributed by atoms with Crippen molar-refractivity contribution >= 4 is 15.7 Å². The van der Waals surface area contributed by atoms with Gasteiger partial charge in [0.05, 0.1) is 23.7 Å². The highest BCUT2D eigenvalue weighted by atomic mass is 32.2. The molecule has 2 aromatic rings. The van der Waals surface area contributed by atoms with Gasteiger partial charge in [-0.25, -0.2) is 8.42 Å². The second-order valence-electron chi connectivity index (χ2n) is 6.40. The van der Waals surface area contributed by atoms with E-state index in [4.69, 9.17) is 4.74 Å². The zero-order chi connectivity index (χ0) is 18.6. The fourth-order valence-corrected chi connectivity index (χ4v) is 4.98. The summed E-state index contributed by atoms with van der Waals surface area (Å²) in [5, 5.41) is 0. The molecule has 1 aliphatic rings. The second-order valence-corrected chi connectivity index (χ2v) is 8.63. The highest BCUT2D eigenvalue weighted by Gasteiger charge is 2.35. The third-order valence-electron chi connectivity index (χ3n) is 4.52. The number of sulfone groups is 1. The van der Waals surface area contributed by atoms with Crippen LogP contribution in [0.25, 0.3) is 0 Å². The van der Waals surface area contributed by atoms with Crippen LogP contribution in [0.15, 0.2) is 54.6 Å². The van der Waals surface area contributed by atoms with Crippen LogP contribution in [-0.2, 0) is 16.4 Å². The lowest BCUT2D eigenvalue weighted by molar-refractivity contribution is 0.0676. The maximum absolute atomic E-state index is 13.3. The summed E-state index contributed by atoms with van der Waals surface area (Å²) in [6, 6.07) is 16.4. The van der Waals surface area contributed by atoms with Gasteiger partial charge in [0.1, 0.15) is 5.75 Å². The normalized spacial score (nSPS) is 18.4. The van der Waals surface area contributed by atoms with Gasteiger partial charge in [-0.05, 0) is 31.0 Å². The van der Waals surface area contributed by atoms with E-state index < -0.39 is 9.84 Å². The molecule has 0 saturated carbocycles. The van der Waals surface area contributed by atoms with E-state index in [1.165, 1.54) is 0 Å². The van der Waals surface area contributed by atoms with Crippen LogP contribution >= 0.6 is 0 Å². The van der Waals surface area contributed by atoms with E-state index in [0.717, 1.165) is 5.56 Å². The molecule has 1 amide bonds. The molecular formula is C20H23NO4S. The molecule has 1 fully saturated rings. The molecule has 0 radical (unpaired) electrons. The summed E-state index contributed by atoms with van der Waals surface area (Å²) in [5.41, 5.74) is 1.44. The van der Waals surface area contributed by atoms with Crippen molar-refractivity contribution in [3.63, 3.8) is 0 Å². The number of hydrogen-bond acceptors (Lipinski definition) is 4. The third-order valence-corrected chi connectivity index (χ3v) is 6.27. The minimum absolute atomic E-state index is 0.0162. The second kappa shape index (κ2) is 7.91. The Labute approximate surface area is 154 Å². The summed E-state index contributed by atoms with van der Waals surface area (Å²) in [4.78, 5) is 15.0. The van der Waals surface area contributed by atoms with E-state index in [2.05, 4.69) is 0 Å². The third kappa shape index (κ3) is 4.25. The molecule has 2 aromatic carbocycles. The van der Waals surface area contributed by atoms with Gasteiger partial charge in [0.25, 0.3) is 5.91 Å². The number of hydrogen-bond donors (Lipinski definition) is 0. The Morgan fingerprint density at radius 2 is 1.81 bits per heavy atom. The molecule has 0 spiro atoms. The Balaban J connectivity index is 1.93. The first-order chi connectivity index (χ1) is 12.5. The van der Waals surface area contributed by atoms with E-state index in [-0.39, 0.29) is 23.5 Å². The zero-order valence-electron chi connectivity index (χ0n) is 14.8. The highest BCUT2D eigenvalue weighted by molar-refractivity contribution is 7.91. The van der Waals surface area contributed by atoms with Crippen molar-refractivity contribution in [1.82, 2.24) is 4.90 Å². The van der Waals surface area contributed by atoms with Gasteiger partial charge in [-0.2, -0.15) is 0 Å². The number of rotatable bonds is 6. The predicted molar refractivity (Wildman–Crippen MR) is 101 cm³/mol. The van der Waals surface area contributed by atoms with Crippen molar-refractivity contribution in [3.05, 3.63) is 65.7 Å². The number of amides is 1. The molecule has 0 aliphatic carbocycles. The van der Waals surface area contributed by atoms with Crippen molar-refractivity contribution in [1.29, 1.82) is 0 Å². The van der Waals surface area contributed by atoms with Gasteiger partial charge in [-0.1, -0.05) is 42.5 Å². The van der Waals surface area contributed by atoms with Gasteiger partial charge in [0, 0.05) is 12.6 Å². The Morgan fingerprint density at radius 1 is 1.12 bits per heavy atom. The van der Waals surface area contributed by atoms with Crippen molar-refractivity contribution in [2.24, 2.45) is 0 Å². The average molecular weight is 373 g/mol. The Kier molecular flexibility index (Phi) is 5.61. The van der Waals surface area contributed by atoms with Gasteiger partial charge in [0.15, 0.2) is 9.84 Å². The van der Waals surface area contributed by atoms with Gasteiger partial charge in [0.2, 0.25) is 0 Å². The van der Waals surface area contributed by atoms with Crippen molar-refractivity contribution in [3.8, 4) is 5.75 Å². The van der Waals surface area contributed by atoms with Crippen molar-refractivity contribution < 1.29 is 17.9 Å². The number of para-hydroxylation sites is 1. The monoisotopic (exact) mass is 373 g/mol. The van der Waals surface area contributed by atoms with Crippen LogP contribution in [0, 0.1) is 0 Å². The molecule has 0 bridgehead atoms. The summed E-state index contributed by atoms with van der Waals surface area (Å²) in [6.07, 6.45) is 0.470. The number of nitrogens with zero attached hydrogens (tertiary/aromatic N) is 1. The molecule has 1 saturated heterocycles. The summed E-state index contributed by atoms with van der Waals surface area (Å²) in [6.45, 7) is 2.70. The fraction of sp³-hybridized carbons (Fsp3) is 0.350. The van der Waals surface area contributed by atoms with Crippen LogP contribution in [0.4, 0.5) is 0 Å². The SMILES string of the molecule is CCOc1ccccc1C(=O)N(Cc1ccccc1)[C@H]1CCS(=O)(=O)C1. The summed E-state index contributed by atoms with van der Waals surface area (Å²) in [7, 11) is -3.09. The highest BCUT2D eigenvalue weighted by Crippen LogP contribution is 2.26. The largest absolute Gasteiger partial charge is 0.493 e. The maximum atomic E-state index is 13.3. The molecule has 0 aromatic heterocycles. The summed E-state index contributed by atoms with van der Waals surface area (Å²) >= 11 is 0. The number of benzene rings is 2. The van der Waals surface area contributed by atoms with Crippen molar-refractivity contribution in [2.75, 3.05) is 18.1 Å². The Hall–Kier alpha value is -2.34. The van der Waals surface area contributed by atoms with E-state index in [1.807, 2.05) is 43.3 Å². The fourth-order valence-electron chi connectivity index (χ4n) is 3.25. The standard InChI is InChI=1S/C20H23NO4S/c1-2-25-19-11-7-6-10-18(19)20(22)21(14-16-8-4-3-5-9-16)17-12-13-26(23,24)15-17/h3-11,17H,2,12-15H2,1H3/t17-/m0/s1. The zero-order valence-corrected chi connectivity index (χ0v) is 15.6. The molecule has 6 heteroatoms. The summed E-state index contributed by atoms with van der Waals surface area (Å²) in [5.74, 6) is 0.477. The lowest BCUT2D eigenvalue weighted by Gasteiger charge is -2.29. The minimum atomic E-state index is -3.09. The molecule has 1 heterocycles. The molecule has 3 rings (SSSR count). The lowest BCUT2D eigenvalue weighted by atomic mass is 10.1. The lowest BCUT2D eigenvalue weighted by Crippen LogP contribution is -2.40. The number of carbonyl (C=O) groups is 1. The summed E-state index contributed by atoms with van der Waals surface area (Å²) < 4.78 is 29.5. The van der Waals surface area contributed by atoms with E-state index in [1.54, 1.807) is 23.1 Å². The van der Waals surface area contributed by atoms with E-state index in [0.29, 0.717) is 30.9 Å². The molecule has 138 valence electrons. The smallest absolute Gasteiger partial charge is 0.258 e. The van der Waals surface area contributed by atoms with Crippen molar-refractivity contribution in [2.45, 2.75) is 25.9 Å². The molecule has 5 nitrogen and oxygen atoms in total. The van der Waals surface area contributed by atoms with Crippen LogP contribution in [0.1, 0.15) is 29.3 Å². The quantitative estimate of drug-likeness (QED) is 0.781. The first-order valence-electron chi connectivity index (χ1n) is 8.77. The molecule has 1 atom stereocenters. The molecular weight excluding hydrogens is 350 g/mol. The number of carbonyl (C=O) groups excluding carboxylic acids is 1. The minimum Gasteiger partial charge on any atom is -0.493 e. The van der Waals surface area contributed by atoms with Gasteiger partial charge >= 0.3 is 0 Å². The predicted octanol–water partition coefficient (Wildman–Crippen LogP) is 2.91. The first-order valence-corrected chi connectivity index (χ1v) is 10.6. The van der Waals surface area contributed by atoms with E-state index in [9.17, 15) is 13.2 Å². The topological polar surface area (TPSA) is 63.7 Å². The van der Waals surface area contributed by atoms with Crippen LogP contribution in [-0.4, -0.2) is 43.4 Å². The molecule has 0 N–H and O–H groups in total. The van der Waals surface area contributed by atoms with E-state index >= 15 is 0 Å². The molecule has 26 heavy (non-hydrogen) atoms. The van der Waals surface area contributed by atoms with Crippen LogP contribution in [0.5, 0.6) is 5.75 Å². The Morgan fingerprint density at radius 3 is 2.46 bits per heavy atom. The van der Waals surface area contributed by atoms with Gasteiger partial charge in [-0.15, -0.1) is 0 Å². The van der Waals surface area contributed by atoms with Crippen LogP contribution in [0.2, 0.25) is 0 Å². The first kappa shape index (κ1) is 18.5. The van der Waals surface area contributed by atoms with Gasteiger partial charge < -0.3 is 9.64 Å². The molecule has 0 unspecified atom stereocenters. The van der Waals surface area contributed by atoms with Crippen LogP contribution < -0.4 is 4.74 Å². The van der Waals surface area contributed by atoms with Gasteiger partial charge in [-0.3, -0.25) is 4.79 Å². The Bertz CT molecular complexity index is 864. The average Bonchev–Trinajstić information content (AvgIpc) is 3.00. The number of ether oxygens (including phenoxy) is 1.